The van der Waals surface area contributed by atoms with E-state index in [1.54, 1.807) is 0 Å². The van der Waals surface area contributed by atoms with Crippen molar-refractivity contribution in [1.29, 1.82) is 0 Å². The normalized spacial score (nSPS) is 13.1. The highest BCUT2D eigenvalue weighted by Crippen LogP contribution is 2.21. The van der Waals surface area contributed by atoms with E-state index in [4.69, 9.17) is 4.74 Å². The fourth-order valence-corrected chi connectivity index (χ4v) is 4.02. The Balaban J connectivity index is 1.66. The second-order valence-corrected chi connectivity index (χ2v) is 9.39. The van der Waals surface area contributed by atoms with Gasteiger partial charge in [0.05, 0.1) is 0 Å². The average molecular weight is 475 g/mol. The van der Waals surface area contributed by atoms with Gasteiger partial charge in [0.15, 0.2) is 5.82 Å². The van der Waals surface area contributed by atoms with Gasteiger partial charge in [-0.3, -0.25) is 0 Å². The molecular weight excluding hydrogens is 430 g/mol. The molecular formula is C29H44F2N2O. The molecule has 0 fully saturated rings. The maximum atomic E-state index is 14.1. The average Bonchev–Trinajstić information content (AvgIpc) is 2.86. The molecule has 0 saturated heterocycles. The van der Waals surface area contributed by atoms with Crippen molar-refractivity contribution >= 4 is 0 Å². The lowest BCUT2D eigenvalue weighted by Crippen LogP contribution is -2.13. The summed E-state index contributed by atoms with van der Waals surface area (Å²) in [4.78, 5) is 9.03. The lowest BCUT2D eigenvalue weighted by atomic mass is 10.1. The molecule has 0 amide bonds. The topological polar surface area (TPSA) is 35.0 Å². The van der Waals surface area contributed by atoms with E-state index >= 15 is 0 Å². The van der Waals surface area contributed by atoms with Crippen molar-refractivity contribution in [3.63, 3.8) is 0 Å². The maximum absolute atomic E-state index is 14.1. The Morgan fingerprint density at radius 1 is 0.706 bits per heavy atom. The van der Waals surface area contributed by atoms with Gasteiger partial charge in [-0.05, 0) is 68.4 Å². The quantitative estimate of drug-likeness (QED) is 0.191. The maximum Gasteiger partial charge on any atom is 0.159 e. The van der Waals surface area contributed by atoms with Gasteiger partial charge in [0.25, 0.3) is 0 Å². The number of hydrogen-bond donors (Lipinski definition) is 0. The third-order valence-corrected chi connectivity index (χ3v) is 6.22. The number of aryl methyl sites for hydroxylation is 1. The van der Waals surface area contributed by atoms with Crippen molar-refractivity contribution < 1.29 is 13.5 Å². The van der Waals surface area contributed by atoms with Crippen molar-refractivity contribution in [1.82, 2.24) is 9.97 Å². The van der Waals surface area contributed by atoms with E-state index in [1.165, 1.54) is 50.5 Å². The molecule has 1 heterocycles. The van der Waals surface area contributed by atoms with Gasteiger partial charge in [0.1, 0.15) is 24.7 Å². The lowest BCUT2D eigenvalue weighted by molar-refractivity contribution is 0.178. The molecule has 0 spiro atoms. The summed E-state index contributed by atoms with van der Waals surface area (Å²) in [7, 11) is 0. The summed E-state index contributed by atoms with van der Waals surface area (Å²) < 4.78 is 33.3. The Morgan fingerprint density at radius 2 is 1.29 bits per heavy atom. The zero-order valence-corrected chi connectivity index (χ0v) is 21.3. The van der Waals surface area contributed by atoms with Crippen LogP contribution in [0.4, 0.5) is 8.78 Å². The summed E-state index contributed by atoms with van der Waals surface area (Å²) in [5.41, 5.74) is 2.09. The van der Waals surface area contributed by atoms with Crippen molar-refractivity contribution in [3.05, 3.63) is 42.2 Å². The Kier molecular flexibility index (Phi) is 14.4. The van der Waals surface area contributed by atoms with Crippen LogP contribution < -0.4 is 4.74 Å². The van der Waals surface area contributed by atoms with Crippen LogP contribution in [-0.4, -0.2) is 28.9 Å². The van der Waals surface area contributed by atoms with Crippen LogP contribution in [0.15, 0.2) is 36.7 Å². The van der Waals surface area contributed by atoms with Gasteiger partial charge in [0, 0.05) is 18.0 Å². The third-order valence-electron chi connectivity index (χ3n) is 6.22. The van der Waals surface area contributed by atoms with Crippen molar-refractivity contribution in [2.75, 3.05) is 6.61 Å². The van der Waals surface area contributed by atoms with Crippen LogP contribution in [0.1, 0.15) is 103 Å². The summed E-state index contributed by atoms with van der Waals surface area (Å²) >= 11 is 0. The van der Waals surface area contributed by atoms with Crippen LogP contribution in [-0.2, 0) is 6.42 Å². The summed E-state index contributed by atoms with van der Waals surface area (Å²) in [6, 6.07) is 7.44. The molecule has 2 atom stereocenters. The number of ether oxygens (including phenoxy) is 1. The minimum absolute atomic E-state index is 0.00490. The minimum Gasteiger partial charge on any atom is -0.491 e. The first kappa shape index (κ1) is 28.2. The molecule has 0 aliphatic carbocycles. The van der Waals surface area contributed by atoms with E-state index in [0.717, 1.165) is 24.8 Å². The molecule has 0 bridgehead atoms. The fraction of sp³-hybridized carbons (Fsp3) is 0.655. The van der Waals surface area contributed by atoms with E-state index in [-0.39, 0.29) is 6.61 Å². The van der Waals surface area contributed by atoms with Crippen LogP contribution in [0.5, 0.6) is 5.75 Å². The highest BCUT2D eigenvalue weighted by molar-refractivity contribution is 5.55. The molecule has 0 aliphatic heterocycles. The molecule has 2 aromatic rings. The molecule has 190 valence electrons. The first-order valence-electron chi connectivity index (χ1n) is 13.4. The van der Waals surface area contributed by atoms with Crippen LogP contribution in [0.25, 0.3) is 11.4 Å². The molecule has 5 heteroatoms. The number of hydrogen-bond acceptors (Lipinski definition) is 3. The van der Waals surface area contributed by atoms with Gasteiger partial charge >= 0.3 is 0 Å². The van der Waals surface area contributed by atoms with Crippen LogP contribution >= 0.6 is 0 Å². The Labute approximate surface area is 205 Å². The molecule has 0 N–H and O–H groups in total. The third kappa shape index (κ3) is 11.9. The monoisotopic (exact) mass is 474 g/mol. The first-order chi connectivity index (χ1) is 16.6. The van der Waals surface area contributed by atoms with E-state index in [0.29, 0.717) is 37.3 Å². The summed E-state index contributed by atoms with van der Waals surface area (Å²) in [6.45, 7) is 4.29. The summed E-state index contributed by atoms with van der Waals surface area (Å²) in [6.07, 6.45) is 15.9. The second kappa shape index (κ2) is 17.4. The molecule has 1 aromatic heterocycles. The van der Waals surface area contributed by atoms with Gasteiger partial charge < -0.3 is 4.74 Å². The molecule has 2 unspecified atom stereocenters. The first-order valence-corrected chi connectivity index (χ1v) is 13.4. The number of alkyl halides is 2. The molecule has 34 heavy (non-hydrogen) atoms. The molecule has 2 rings (SSSR count). The SMILES string of the molecule is CCCCCCCCCc1cnc(-c2ccc(OCC(F)CCCC(F)CCCC)cc2)nc1. The van der Waals surface area contributed by atoms with E-state index in [9.17, 15) is 8.78 Å². The number of halogens is 2. The standard InChI is InChI=1S/C29H44F2N2O/c1-3-5-7-8-9-10-11-13-24-21-32-29(33-22-24)25-17-19-28(20-18-25)34-23-27(31)16-12-15-26(30)14-6-4-2/h17-22,26-27H,3-16,23H2,1-2H3. The van der Waals surface area contributed by atoms with Crippen LogP contribution in [0.2, 0.25) is 0 Å². The number of rotatable bonds is 19. The minimum atomic E-state index is -1.08. The largest absolute Gasteiger partial charge is 0.491 e. The molecule has 3 nitrogen and oxygen atoms in total. The molecule has 1 aromatic carbocycles. The van der Waals surface area contributed by atoms with Gasteiger partial charge in [-0.15, -0.1) is 0 Å². The van der Waals surface area contributed by atoms with E-state index < -0.39 is 12.3 Å². The van der Waals surface area contributed by atoms with Gasteiger partial charge in [0.2, 0.25) is 0 Å². The number of nitrogens with zero attached hydrogens (tertiary/aromatic N) is 2. The predicted octanol–water partition coefficient (Wildman–Crippen LogP) is 8.85. The molecule has 0 saturated carbocycles. The summed E-state index contributed by atoms with van der Waals surface area (Å²) in [5, 5.41) is 0. The Hall–Kier alpha value is -2.04. The fourth-order valence-electron chi connectivity index (χ4n) is 4.02. The number of aromatic nitrogens is 2. The highest BCUT2D eigenvalue weighted by atomic mass is 19.1. The lowest BCUT2D eigenvalue weighted by Gasteiger charge is -2.12. The molecule has 0 aliphatic rings. The van der Waals surface area contributed by atoms with Crippen molar-refractivity contribution in [2.24, 2.45) is 0 Å². The summed E-state index contributed by atoms with van der Waals surface area (Å²) in [5.74, 6) is 1.30. The highest BCUT2D eigenvalue weighted by Gasteiger charge is 2.11. The van der Waals surface area contributed by atoms with Gasteiger partial charge in [-0.25, -0.2) is 18.7 Å². The van der Waals surface area contributed by atoms with E-state index in [1.807, 2.05) is 36.7 Å². The van der Waals surface area contributed by atoms with Crippen LogP contribution in [0.3, 0.4) is 0 Å². The van der Waals surface area contributed by atoms with Crippen molar-refractivity contribution in [2.45, 2.75) is 116 Å². The van der Waals surface area contributed by atoms with E-state index in [2.05, 4.69) is 23.8 Å². The number of benzene rings is 1. The zero-order valence-electron chi connectivity index (χ0n) is 21.3. The van der Waals surface area contributed by atoms with Crippen LogP contribution in [0, 0.1) is 0 Å². The Bertz CT molecular complexity index is 752. The van der Waals surface area contributed by atoms with Crippen molar-refractivity contribution in [3.8, 4) is 17.1 Å². The second-order valence-electron chi connectivity index (χ2n) is 9.39. The predicted molar refractivity (Wildman–Crippen MR) is 138 cm³/mol. The van der Waals surface area contributed by atoms with Gasteiger partial charge in [-0.1, -0.05) is 65.2 Å². The zero-order chi connectivity index (χ0) is 24.4. The van der Waals surface area contributed by atoms with Gasteiger partial charge in [-0.2, -0.15) is 0 Å². The smallest absolute Gasteiger partial charge is 0.159 e. The Morgan fingerprint density at radius 3 is 1.97 bits per heavy atom. The number of unbranched alkanes of at least 4 members (excludes halogenated alkanes) is 7. The molecule has 0 radical (unpaired) electrons.